The highest BCUT2D eigenvalue weighted by Crippen LogP contribution is 2.30. The van der Waals surface area contributed by atoms with Crippen molar-refractivity contribution in [2.75, 3.05) is 0 Å². The molecule has 106 valence electrons. The van der Waals surface area contributed by atoms with Gasteiger partial charge in [-0.05, 0) is 49.4 Å². The van der Waals surface area contributed by atoms with E-state index in [2.05, 4.69) is 11.1 Å². The molecule has 0 bridgehead atoms. The first kappa shape index (κ1) is 13.8. The van der Waals surface area contributed by atoms with Crippen LogP contribution in [0.25, 0.3) is 0 Å². The molecule has 1 heterocycles. The Labute approximate surface area is 127 Å². The Bertz CT molecular complexity index is 740. The number of fused-ring (bicyclic) bond motifs is 1. The summed E-state index contributed by atoms with van der Waals surface area (Å²) in [5.74, 6) is 0.102. The van der Waals surface area contributed by atoms with Crippen molar-refractivity contribution in [1.82, 2.24) is 4.98 Å². The molecule has 0 fully saturated rings. The van der Waals surface area contributed by atoms with Crippen LogP contribution in [0.1, 0.15) is 29.7 Å². The maximum atomic E-state index is 13.2. The van der Waals surface area contributed by atoms with Crippen LogP contribution >= 0.6 is 11.6 Å². The summed E-state index contributed by atoms with van der Waals surface area (Å²) in [5, 5.41) is 9.22. The van der Waals surface area contributed by atoms with E-state index < -0.39 is 5.82 Å². The van der Waals surface area contributed by atoms with Crippen LogP contribution in [-0.2, 0) is 12.8 Å². The number of aromatic nitrogens is 1. The molecule has 3 rings (SSSR count). The average Bonchev–Trinajstić information content (AvgIpc) is 2.50. The molecule has 1 aliphatic carbocycles. The second-order valence-electron chi connectivity index (χ2n) is 4.94. The number of pyridine rings is 1. The van der Waals surface area contributed by atoms with Crippen molar-refractivity contribution < 1.29 is 9.13 Å². The van der Waals surface area contributed by atoms with Crippen LogP contribution in [-0.4, -0.2) is 4.98 Å². The third-order valence-corrected chi connectivity index (χ3v) is 3.78. The molecule has 0 N–H and O–H groups in total. The van der Waals surface area contributed by atoms with Gasteiger partial charge in [0.15, 0.2) is 0 Å². The highest BCUT2D eigenvalue weighted by Gasteiger charge is 2.16. The summed E-state index contributed by atoms with van der Waals surface area (Å²) in [6.07, 6.45) is 4.04. The number of aryl methyl sites for hydroxylation is 2. The fourth-order valence-electron chi connectivity index (χ4n) is 2.42. The first-order valence-electron chi connectivity index (χ1n) is 6.73. The number of nitrogens with zero attached hydrogens (tertiary/aromatic N) is 2. The van der Waals surface area contributed by atoms with Crippen molar-refractivity contribution in [3.05, 3.63) is 51.9 Å². The van der Waals surface area contributed by atoms with Gasteiger partial charge in [0.05, 0.1) is 5.02 Å². The Morgan fingerprint density at radius 1 is 1.24 bits per heavy atom. The maximum absolute atomic E-state index is 13.2. The molecule has 0 unspecified atom stereocenters. The molecule has 5 heteroatoms. The van der Waals surface area contributed by atoms with Crippen molar-refractivity contribution >= 4 is 11.6 Å². The first-order valence-corrected chi connectivity index (χ1v) is 7.11. The molecule has 2 aromatic rings. The zero-order valence-corrected chi connectivity index (χ0v) is 12.0. The normalized spacial score (nSPS) is 13.4. The van der Waals surface area contributed by atoms with Gasteiger partial charge in [0.2, 0.25) is 5.88 Å². The van der Waals surface area contributed by atoms with E-state index in [1.165, 1.54) is 18.2 Å². The minimum Gasteiger partial charge on any atom is -0.438 e. The van der Waals surface area contributed by atoms with Gasteiger partial charge < -0.3 is 4.74 Å². The van der Waals surface area contributed by atoms with Crippen LogP contribution in [0.15, 0.2) is 24.3 Å². The summed E-state index contributed by atoms with van der Waals surface area (Å²) in [6, 6.07) is 7.99. The number of hydrogen-bond donors (Lipinski definition) is 0. The fraction of sp³-hybridized carbons (Fsp3) is 0.250. The quantitative estimate of drug-likeness (QED) is 0.825. The molecule has 0 saturated heterocycles. The molecule has 0 radical (unpaired) electrons. The van der Waals surface area contributed by atoms with Crippen molar-refractivity contribution in [3.63, 3.8) is 0 Å². The van der Waals surface area contributed by atoms with Crippen molar-refractivity contribution in [1.29, 1.82) is 5.26 Å². The molecule has 0 amide bonds. The van der Waals surface area contributed by atoms with Gasteiger partial charge in [0.1, 0.15) is 23.2 Å². The smallest absolute Gasteiger partial charge is 0.237 e. The van der Waals surface area contributed by atoms with Crippen LogP contribution in [0.2, 0.25) is 5.02 Å². The maximum Gasteiger partial charge on any atom is 0.237 e. The fourth-order valence-corrected chi connectivity index (χ4v) is 2.60. The van der Waals surface area contributed by atoms with E-state index in [4.69, 9.17) is 16.3 Å². The number of benzene rings is 1. The largest absolute Gasteiger partial charge is 0.438 e. The molecule has 3 nitrogen and oxygen atoms in total. The second-order valence-corrected chi connectivity index (χ2v) is 5.35. The van der Waals surface area contributed by atoms with Gasteiger partial charge in [-0.15, -0.1) is 0 Å². The highest BCUT2D eigenvalue weighted by molar-refractivity contribution is 6.30. The number of ether oxygens (including phenoxy) is 1. The SMILES string of the molecule is N#Cc1cc2c(nc1Oc1ccc(F)c(Cl)c1)CCCC2. The third-order valence-electron chi connectivity index (χ3n) is 3.49. The minimum absolute atomic E-state index is 0.0241. The molecule has 0 atom stereocenters. The highest BCUT2D eigenvalue weighted by atomic mass is 35.5. The second kappa shape index (κ2) is 5.71. The summed E-state index contributed by atoms with van der Waals surface area (Å²) >= 11 is 5.73. The number of rotatable bonds is 2. The molecule has 0 aliphatic heterocycles. The Balaban J connectivity index is 1.97. The molecular weight excluding hydrogens is 291 g/mol. The lowest BCUT2D eigenvalue weighted by Crippen LogP contribution is -2.07. The minimum atomic E-state index is -0.511. The lowest BCUT2D eigenvalue weighted by molar-refractivity contribution is 0.454. The van der Waals surface area contributed by atoms with Gasteiger partial charge in [-0.1, -0.05) is 11.6 Å². The molecule has 0 saturated carbocycles. The number of hydrogen-bond acceptors (Lipinski definition) is 3. The van der Waals surface area contributed by atoms with E-state index in [1.807, 2.05) is 6.07 Å². The first-order chi connectivity index (χ1) is 10.2. The van der Waals surface area contributed by atoms with E-state index in [0.717, 1.165) is 36.9 Å². The summed E-state index contributed by atoms with van der Waals surface area (Å²) in [4.78, 5) is 4.45. The van der Waals surface area contributed by atoms with E-state index in [1.54, 1.807) is 0 Å². The molecular formula is C16H12ClFN2O. The van der Waals surface area contributed by atoms with Crippen LogP contribution in [0.3, 0.4) is 0 Å². The van der Waals surface area contributed by atoms with Crippen LogP contribution in [0, 0.1) is 17.1 Å². The zero-order valence-electron chi connectivity index (χ0n) is 11.2. The molecule has 1 aliphatic rings. The summed E-state index contributed by atoms with van der Waals surface area (Å²) < 4.78 is 18.8. The topological polar surface area (TPSA) is 45.9 Å². The number of halogens is 2. The number of nitriles is 1. The molecule has 21 heavy (non-hydrogen) atoms. The van der Waals surface area contributed by atoms with Gasteiger partial charge in [-0.2, -0.15) is 5.26 Å². The molecule has 1 aromatic carbocycles. The van der Waals surface area contributed by atoms with Crippen LogP contribution in [0.5, 0.6) is 11.6 Å². The van der Waals surface area contributed by atoms with Crippen molar-refractivity contribution in [2.45, 2.75) is 25.7 Å². The van der Waals surface area contributed by atoms with Gasteiger partial charge >= 0.3 is 0 Å². The molecule has 0 spiro atoms. The van der Waals surface area contributed by atoms with Gasteiger partial charge in [0, 0.05) is 11.8 Å². The van der Waals surface area contributed by atoms with Crippen molar-refractivity contribution in [2.24, 2.45) is 0 Å². The summed E-state index contributed by atoms with van der Waals surface area (Å²) in [6.45, 7) is 0. The Kier molecular flexibility index (Phi) is 3.76. The van der Waals surface area contributed by atoms with Crippen LogP contribution in [0.4, 0.5) is 4.39 Å². The predicted molar refractivity (Wildman–Crippen MR) is 77.1 cm³/mol. The van der Waals surface area contributed by atoms with Crippen LogP contribution < -0.4 is 4.74 Å². The average molecular weight is 303 g/mol. The monoisotopic (exact) mass is 302 g/mol. The summed E-state index contributed by atoms with van der Waals surface area (Å²) in [7, 11) is 0. The van der Waals surface area contributed by atoms with E-state index in [-0.39, 0.29) is 10.9 Å². The van der Waals surface area contributed by atoms with E-state index in [9.17, 15) is 9.65 Å². The standard InChI is InChI=1S/C16H12ClFN2O/c17-13-8-12(5-6-14(13)18)21-16-11(9-19)7-10-3-1-2-4-15(10)20-16/h5-8H,1-4H2. The summed E-state index contributed by atoms with van der Waals surface area (Å²) in [5.41, 5.74) is 2.47. The van der Waals surface area contributed by atoms with Crippen molar-refractivity contribution in [3.8, 4) is 17.7 Å². The van der Waals surface area contributed by atoms with Gasteiger partial charge in [0.25, 0.3) is 0 Å². The lowest BCUT2D eigenvalue weighted by Gasteiger charge is -2.16. The van der Waals surface area contributed by atoms with E-state index >= 15 is 0 Å². The predicted octanol–water partition coefficient (Wildman–Crippen LogP) is 4.42. The Morgan fingerprint density at radius 2 is 2.05 bits per heavy atom. The van der Waals surface area contributed by atoms with Gasteiger partial charge in [-0.25, -0.2) is 9.37 Å². The third kappa shape index (κ3) is 2.84. The van der Waals surface area contributed by atoms with E-state index in [0.29, 0.717) is 11.3 Å². The Morgan fingerprint density at radius 3 is 2.81 bits per heavy atom. The van der Waals surface area contributed by atoms with Gasteiger partial charge in [-0.3, -0.25) is 0 Å². The Hall–Kier alpha value is -2.12. The lowest BCUT2D eigenvalue weighted by atomic mass is 9.95. The zero-order chi connectivity index (χ0) is 14.8. The molecule has 1 aromatic heterocycles.